The van der Waals surface area contributed by atoms with Crippen molar-refractivity contribution in [1.29, 1.82) is 0 Å². The van der Waals surface area contributed by atoms with Gasteiger partial charge in [0.05, 0.1) is 0 Å². The Kier molecular flexibility index (Phi) is 5.67. The lowest BCUT2D eigenvalue weighted by molar-refractivity contribution is 0.0586. The van der Waals surface area contributed by atoms with Gasteiger partial charge >= 0.3 is 0 Å². The minimum Gasteiger partial charge on any atom is -0.385 e. The zero-order valence-corrected chi connectivity index (χ0v) is 13.1. The van der Waals surface area contributed by atoms with Crippen molar-refractivity contribution in [1.82, 2.24) is 10.2 Å². The Labute approximate surface area is 119 Å². The van der Waals surface area contributed by atoms with Crippen LogP contribution >= 0.6 is 0 Å². The fraction of sp³-hybridized carbons (Fsp3) is 1.00. The summed E-state index contributed by atoms with van der Waals surface area (Å²) in [6.45, 7) is 9.28. The Balaban J connectivity index is 1.88. The van der Waals surface area contributed by atoms with E-state index in [1.54, 1.807) is 7.11 Å². The normalized spacial score (nSPS) is 27.6. The van der Waals surface area contributed by atoms with Crippen LogP contribution in [0, 0.1) is 5.92 Å². The van der Waals surface area contributed by atoms with Crippen molar-refractivity contribution in [3.63, 3.8) is 0 Å². The van der Waals surface area contributed by atoms with Crippen molar-refractivity contribution in [3.05, 3.63) is 0 Å². The Morgan fingerprint density at radius 3 is 2.53 bits per heavy atom. The number of piperazine rings is 1. The second-order valence-electron chi connectivity index (χ2n) is 6.44. The van der Waals surface area contributed by atoms with Crippen LogP contribution in [0.15, 0.2) is 0 Å². The first-order valence-electron chi connectivity index (χ1n) is 8.22. The molecule has 2 aliphatic rings. The molecular weight excluding hydrogens is 236 g/mol. The van der Waals surface area contributed by atoms with Gasteiger partial charge in [0.2, 0.25) is 0 Å². The molecule has 19 heavy (non-hydrogen) atoms. The van der Waals surface area contributed by atoms with E-state index in [-0.39, 0.29) is 0 Å². The van der Waals surface area contributed by atoms with Crippen molar-refractivity contribution in [2.75, 3.05) is 33.4 Å². The molecule has 1 unspecified atom stereocenters. The van der Waals surface area contributed by atoms with E-state index in [0.717, 1.165) is 18.6 Å². The molecule has 1 aliphatic carbocycles. The summed E-state index contributed by atoms with van der Waals surface area (Å²) in [7, 11) is 1.80. The second kappa shape index (κ2) is 7.05. The summed E-state index contributed by atoms with van der Waals surface area (Å²) in [6.07, 6.45) is 7.87. The number of ether oxygens (including phenoxy) is 1. The summed E-state index contributed by atoms with van der Waals surface area (Å²) in [6, 6.07) is 0.800. The highest BCUT2D eigenvalue weighted by Crippen LogP contribution is 2.38. The van der Waals surface area contributed by atoms with Gasteiger partial charge in [-0.3, -0.25) is 4.90 Å². The summed E-state index contributed by atoms with van der Waals surface area (Å²) in [5.74, 6) is 0.974. The minimum absolute atomic E-state index is 0.368. The highest BCUT2D eigenvalue weighted by Gasteiger charge is 2.42. The molecule has 0 radical (unpaired) electrons. The molecule has 0 aromatic carbocycles. The van der Waals surface area contributed by atoms with E-state index in [1.807, 2.05) is 0 Å². The number of nitrogens with zero attached hydrogens (tertiary/aromatic N) is 1. The number of hydrogen-bond donors (Lipinski definition) is 1. The van der Waals surface area contributed by atoms with Crippen LogP contribution in [-0.4, -0.2) is 49.8 Å². The first kappa shape index (κ1) is 15.3. The monoisotopic (exact) mass is 268 g/mol. The van der Waals surface area contributed by atoms with E-state index in [9.17, 15) is 0 Å². The number of unbranched alkanes of at least 4 members (excludes halogenated alkanes) is 1. The van der Waals surface area contributed by atoms with Gasteiger partial charge in [-0.2, -0.15) is 0 Å². The van der Waals surface area contributed by atoms with Crippen LogP contribution in [0.5, 0.6) is 0 Å². The van der Waals surface area contributed by atoms with Gasteiger partial charge in [-0.05, 0) is 51.0 Å². The maximum absolute atomic E-state index is 5.17. The highest BCUT2D eigenvalue weighted by atomic mass is 16.5. The van der Waals surface area contributed by atoms with Crippen LogP contribution in [0.25, 0.3) is 0 Å². The van der Waals surface area contributed by atoms with E-state index in [0.29, 0.717) is 5.54 Å². The number of rotatable bonds is 8. The lowest BCUT2D eigenvalue weighted by atomic mass is 9.87. The molecule has 0 spiro atoms. The highest BCUT2D eigenvalue weighted by molar-refractivity contribution is 5.01. The lowest BCUT2D eigenvalue weighted by Gasteiger charge is -2.48. The van der Waals surface area contributed by atoms with Crippen molar-refractivity contribution >= 4 is 0 Å². The lowest BCUT2D eigenvalue weighted by Crippen LogP contribution is -2.64. The van der Waals surface area contributed by atoms with Gasteiger partial charge in [-0.25, -0.2) is 0 Å². The van der Waals surface area contributed by atoms with Gasteiger partial charge < -0.3 is 10.1 Å². The van der Waals surface area contributed by atoms with Gasteiger partial charge in [0.1, 0.15) is 0 Å². The molecule has 1 saturated heterocycles. The van der Waals surface area contributed by atoms with Gasteiger partial charge in [-0.1, -0.05) is 13.8 Å². The zero-order valence-electron chi connectivity index (χ0n) is 13.1. The van der Waals surface area contributed by atoms with Gasteiger partial charge in [0, 0.05) is 38.4 Å². The number of nitrogens with one attached hydrogen (secondary N) is 1. The molecule has 0 aromatic heterocycles. The Morgan fingerprint density at radius 2 is 1.95 bits per heavy atom. The van der Waals surface area contributed by atoms with Crippen LogP contribution in [-0.2, 0) is 4.74 Å². The molecule has 0 aromatic rings. The summed E-state index contributed by atoms with van der Waals surface area (Å²) >= 11 is 0. The Morgan fingerprint density at radius 1 is 1.21 bits per heavy atom. The average Bonchev–Trinajstić information content (AvgIpc) is 3.28. The van der Waals surface area contributed by atoms with Crippen molar-refractivity contribution in [2.24, 2.45) is 5.92 Å². The van der Waals surface area contributed by atoms with E-state index in [4.69, 9.17) is 4.74 Å². The number of methoxy groups -OCH3 is 1. The fourth-order valence-electron chi connectivity index (χ4n) is 3.49. The molecule has 3 heteroatoms. The van der Waals surface area contributed by atoms with Crippen molar-refractivity contribution in [2.45, 2.75) is 64.0 Å². The average molecular weight is 268 g/mol. The minimum atomic E-state index is 0.368. The van der Waals surface area contributed by atoms with Crippen LogP contribution < -0.4 is 5.32 Å². The van der Waals surface area contributed by atoms with E-state index < -0.39 is 0 Å². The molecular formula is C16H32N2O. The largest absolute Gasteiger partial charge is 0.385 e. The third-order valence-electron chi connectivity index (χ3n) is 5.22. The number of hydrogen-bond acceptors (Lipinski definition) is 3. The topological polar surface area (TPSA) is 24.5 Å². The van der Waals surface area contributed by atoms with Crippen molar-refractivity contribution in [3.8, 4) is 0 Å². The predicted molar refractivity (Wildman–Crippen MR) is 80.5 cm³/mol. The quantitative estimate of drug-likeness (QED) is 0.685. The molecule has 1 heterocycles. The Hall–Kier alpha value is -0.120. The smallest absolute Gasteiger partial charge is 0.0462 e. The van der Waals surface area contributed by atoms with E-state index >= 15 is 0 Å². The molecule has 1 N–H and O–H groups in total. The molecule has 1 atom stereocenters. The second-order valence-corrected chi connectivity index (χ2v) is 6.44. The summed E-state index contributed by atoms with van der Waals surface area (Å²) in [5, 5.41) is 3.87. The van der Waals surface area contributed by atoms with Crippen LogP contribution in [0.2, 0.25) is 0 Å². The summed E-state index contributed by atoms with van der Waals surface area (Å²) < 4.78 is 5.17. The molecule has 0 bridgehead atoms. The zero-order chi connectivity index (χ0) is 13.7. The first-order valence-corrected chi connectivity index (χ1v) is 8.22. The third kappa shape index (κ3) is 3.93. The van der Waals surface area contributed by atoms with Crippen LogP contribution in [0.4, 0.5) is 0 Å². The molecule has 0 amide bonds. The molecule has 1 saturated carbocycles. The maximum atomic E-state index is 5.17. The first-order chi connectivity index (χ1) is 9.24. The standard InChI is InChI=1S/C16H32N2O/c1-4-16(5-2)13-18(10-6-7-11-19-3)15(12-17-16)14-8-9-14/h14-15,17H,4-13H2,1-3H3. The van der Waals surface area contributed by atoms with E-state index in [2.05, 4.69) is 24.1 Å². The summed E-state index contributed by atoms with van der Waals surface area (Å²) in [5.41, 5.74) is 0.368. The molecule has 3 nitrogen and oxygen atoms in total. The SMILES string of the molecule is CCC1(CC)CN(CCCCOC)C(C2CC2)CN1. The van der Waals surface area contributed by atoms with Gasteiger partial charge in [0.15, 0.2) is 0 Å². The predicted octanol–water partition coefficient (Wildman–Crippen LogP) is 2.66. The third-order valence-corrected chi connectivity index (χ3v) is 5.22. The maximum Gasteiger partial charge on any atom is 0.0462 e. The van der Waals surface area contributed by atoms with E-state index in [1.165, 1.54) is 58.2 Å². The van der Waals surface area contributed by atoms with Crippen LogP contribution in [0.1, 0.15) is 52.4 Å². The Bertz CT molecular complexity index is 261. The molecule has 112 valence electrons. The fourth-order valence-corrected chi connectivity index (χ4v) is 3.49. The molecule has 2 fully saturated rings. The van der Waals surface area contributed by atoms with Gasteiger partial charge in [-0.15, -0.1) is 0 Å². The van der Waals surface area contributed by atoms with Gasteiger partial charge in [0.25, 0.3) is 0 Å². The molecule has 2 rings (SSSR count). The molecule has 1 aliphatic heterocycles. The van der Waals surface area contributed by atoms with Crippen LogP contribution in [0.3, 0.4) is 0 Å². The van der Waals surface area contributed by atoms with Crippen molar-refractivity contribution < 1.29 is 4.74 Å². The summed E-state index contributed by atoms with van der Waals surface area (Å²) in [4.78, 5) is 2.79.